The van der Waals surface area contributed by atoms with Crippen LogP contribution in [-0.2, 0) is 26.0 Å². The van der Waals surface area contributed by atoms with E-state index in [1.807, 2.05) is 44.2 Å². The number of anilines is 1. The largest absolute Gasteiger partial charge is 0.454 e. The average molecular weight is 532 g/mol. The van der Waals surface area contributed by atoms with E-state index in [4.69, 9.17) is 9.47 Å². The molecule has 0 spiro atoms. The van der Waals surface area contributed by atoms with Gasteiger partial charge in [0.15, 0.2) is 11.5 Å². The van der Waals surface area contributed by atoms with Crippen LogP contribution in [0, 0.1) is 0 Å². The molecular weight excluding hydrogens is 494 g/mol. The zero-order chi connectivity index (χ0) is 27.0. The number of ether oxygens (including phenoxy) is 2. The molecule has 2 unspecified atom stereocenters. The lowest BCUT2D eigenvalue weighted by Crippen LogP contribution is -2.50. The van der Waals surface area contributed by atoms with Crippen LogP contribution in [-0.4, -0.2) is 63.4 Å². The Kier molecular flexibility index (Phi) is 9.79. The van der Waals surface area contributed by atoms with E-state index < -0.39 is 16.1 Å². The van der Waals surface area contributed by atoms with Crippen molar-refractivity contribution in [3.05, 3.63) is 54.1 Å². The SMILES string of the molecule is CCC(C)NC(=O)C(C)N(CCc1ccccc1)C(=O)CCCN(c1ccc2c(c1)OCO2)S(C)(=O)=O. The van der Waals surface area contributed by atoms with E-state index in [-0.39, 0.29) is 37.6 Å². The van der Waals surface area contributed by atoms with Crippen molar-refractivity contribution in [1.82, 2.24) is 10.2 Å². The summed E-state index contributed by atoms with van der Waals surface area (Å²) in [6.07, 6.45) is 2.93. The fraction of sp³-hybridized carbons (Fsp3) is 0.481. The quantitative estimate of drug-likeness (QED) is 0.425. The van der Waals surface area contributed by atoms with Crippen molar-refractivity contribution in [3.8, 4) is 11.5 Å². The first-order valence-electron chi connectivity index (χ1n) is 12.6. The predicted molar refractivity (Wildman–Crippen MR) is 143 cm³/mol. The predicted octanol–water partition coefficient (Wildman–Crippen LogP) is 3.34. The Morgan fingerprint density at radius 3 is 2.41 bits per heavy atom. The van der Waals surface area contributed by atoms with Gasteiger partial charge < -0.3 is 19.7 Å². The van der Waals surface area contributed by atoms with Crippen molar-refractivity contribution in [2.24, 2.45) is 0 Å². The molecule has 0 aliphatic carbocycles. The molecule has 2 atom stereocenters. The molecule has 9 nitrogen and oxygen atoms in total. The topological polar surface area (TPSA) is 105 Å². The fourth-order valence-electron chi connectivity index (χ4n) is 4.08. The van der Waals surface area contributed by atoms with Gasteiger partial charge in [0, 0.05) is 31.6 Å². The molecule has 10 heteroatoms. The third-order valence-corrected chi connectivity index (χ3v) is 7.64. The van der Waals surface area contributed by atoms with E-state index >= 15 is 0 Å². The van der Waals surface area contributed by atoms with Crippen molar-refractivity contribution < 1.29 is 27.5 Å². The molecule has 0 saturated heterocycles. The van der Waals surface area contributed by atoms with Gasteiger partial charge in [-0.15, -0.1) is 0 Å². The van der Waals surface area contributed by atoms with Gasteiger partial charge in [0.25, 0.3) is 0 Å². The Hall–Kier alpha value is -3.27. The van der Waals surface area contributed by atoms with Crippen LogP contribution in [0.5, 0.6) is 11.5 Å². The van der Waals surface area contributed by atoms with Gasteiger partial charge in [-0.3, -0.25) is 13.9 Å². The first-order valence-corrected chi connectivity index (χ1v) is 14.5. The van der Waals surface area contributed by atoms with Crippen LogP contribution < -0.4 is 19.1 Å². The van der Waals surface area contributed by atoms with Gasteiger partial charge in [0.1, 0.15) is 6.04 Å². The van der Waals surface area contributed by atoms with Gasteiger partial charge in [-0.2, -0.15) is 0 Å². The average Bonchev–Trinajstić information content (AvgIpc) is 3.34. The van der Waals surface area contributed by atoms with Crippen LogP contribution in [0.4, 0.5) is 5.69 Å². The zero-order valence-electron chi connectivity index (χ0n) is 22.0. The van der Waals surface area contributed by atoms with E-state index in [9.17, 15) is 18.0 Å². The Labute approximate surface area is 219 Å². The summed E-state index contributed by atoms with van der Waals surface area (Å²) < 4.78 is 37.0. The molecule has 2 aromatic rings. The second-order valence-corrected chi connectivity index (χ2v) is 11.2. The smallest absolute Gasteiger partial charge is 0.242 e. The second-order valence-electron chi connectivity index (χ2n) is 9.29. The maximum atomic E-state index is 13.3. The Balaban J connectivity index is 1.69. The molecule has 1 aliphatic heterocycles. The minimum absolute atomic E-state index is 0.00560. The second kappa shape index (κ2) is 12.8. The number of carbonyl (C=O) groups excluding carboxylic acids is 2. The lowest BCUT2D eigenvalue weighted by Gasteiger charge is -2.30. The van der Waals surface area contributed by atoms with E-state index in [0.29, 0.717) is 36.6 Å². The number of amides is 2. The van der Waals surface area contributed by atoms with E-state index in [1.165, 1.54) is 4.31 Å². The first kappa shape index (κ1) is 28.3. The van der Waals surface area contributed by atoms with Gasteiger partial charge in [-0.1, -0.05) is 37.3 Å². The summed E-state index contributed by atoms with van der Waals surface area (Å²) >= 11 is 0. The summed E-state index contributed by atoms with van der Waals surface area (Å²) in [4.78, 5) is 27.8. The van der Waals surface area contributed by atoms with Crippen LogP contribution in [0.25, 0.3) is 0 Å². The summed E-state index contributed by atoms with van der Waals surface area (Å²) in [7, 11) is -3.60. The van der Waals surface area contributed by atoms with Crippen molar-refractivity contribution in [1.29, 1.82) is 0 Å². The Bertz CT molecular complexity index is 1170. The fourth-order valence-corrected chi connectivity index (χ4v) is 5.04. The molecule has 0 bridgehead atoms. The van der Waals surface area contributed by atoms with Gasteiger partial charge in [-0.05, 0) is 50.8 Å². The number of fused-ring (bicyclic) bond motifs is 1. The van der Waals surface area contributed by atoms with Crippen molar-refractivity contribution in [2.75, 3.05) is 30.4 Å². The Morgan fingerprint density at radius 1 is 1.03 bits per heavy atom. The third-order valence-electron chi connectivity index (χ3n) is 6.45. The van der Waals surface area contributed by atoms with E-state index in [2.05, 4.69) is 5.32 Å². The summed E-state index contributed by atoms with van der Waals surface area (Å²) in [5.74, 6) is 0.650. The molecule has 0 saturated carbocycles. The zero-order valence-corrected chi connectivity index (χ0v) is 22.8. The number of benzene rings is 2. The van der Waals surface area contributed by atoms with E-state index in [0.717, 1.165) is 18.2 Å². The van der Waals surface area contributed by atoms with Crippen molar-refractivity contribution in [3.63, 3.8) is 0 Å². The number of nitrogens with one attached hydrogen (secondary N) is 1. The number of carbonyl (C=O) groups is 2. The molecule has 3 rings (SSSR count). The summed E-state index contributed by atoms with van der Waals surface area (Å²) in [6.45, 7) is 6.24. The lowest BCUT2D eigenvalue weighted by atomic mass is 10.1. The molecule has 37 heavy (non-hydrogen) atoms. The van der Waals surface area contributed by atoms with Gasteiger partial charge in [0.05, 0.1) is 11.9 Å². The molecule has 1 N–H and O–H groups in total. The number of rotatable bonds is 13. The van der Waals surface area contributed by atoms with Crippen LogP contribution in [0.2, 0.25) is 0 Å². The van der Waals surface area contributed by atoms with Gasteiger partial charge in [-0.25, -0.2) is 8.42 Å². The third kappa shape index (κ3) is 7.85. The molecule has 0 aromatic heterocycles. The lowest BCUT2D eigenvalue weighted by molar-refractivity contribution is -0.140. The van der Waals surface area contributed by atoms with Crippen LogP contribution >= 0.6 is 0 Å². The molecule has 202 valence electrons. The minimum Gasteiger partial charge on any atom is -0.454 e. The normalized spacial score (nSPS) is 14.1. The molecule has 2 aromatic carbocycles. The van der Waals surface area contributed by atoms with Crippen molar-refractivity contribution >= 4 is 27.5 Å². The molecule has 1 heterocycles. The van der Waals surface area contributed by atoms with Crippen LogP contribution in [0.1, 0.15) is 45.6 Å². The standard InChI is InChI=1S/C27H37N3O6S/c1-5-20(2)28-27(32)21(3)29(17-15-22-10-7-6-8-11-22)26(31)12-9-16-30(37(4,33)34)23-13-14-24-25(18-23)36-19-35-24/h6-8,10-11,13-14,18,20-21H,5,9,12,15-17,19H2,1-4H3,(H,28,32). The minimum atomic E-state index is -3.60. The van der Waals surface area contributed by atoms with Crippen molar-refractivity contribution in [2.45, 2.75) is 58.5 Å². The summed E-state index contributed by atoms with van der Waals surface area (Å²) in [6, 6.07) is 14.1. The van der Waals surface area contributed by atoms with Gasteiger partial charge in [0.2, 0.25) is 28.6 Å². The number of nitrogens with zero attached hydrogens (tertiary/aromatic N) is 2. The molecular formula is C27H37N3O6S. The number of hydrogen-bond acceptors (Lipinski definition) is 6. The highest BCUT2D eigenvalue weighted by atomic mass is 32.2. The van der Waals surface area contributed by atoms with Gasteiger partial charge >= 0.3 is 0 Å². The highest BCUT2D eigenvalue weighted by molar-refractivity contribution is 7.92. The molecule has 1 aliphatic rings. The highest BCUT2D eigenvalue weighted by Gasteiger charge is 2.27. The highest BCUT2D eigenvalue weighted by Crippen LogP contribution is 2.36. The number of sulfonamides is 1. The first-order chi connectivity index (χ1) is 17.6. The molecule has 0 radical (unpaired) electrons. The summed E-state index contributed by atoms with van der Waals surface area (Å²) in [5.41, 5.74) is 1.52. The molecule has 0 fully saturated rings. The van der Waals surface area contributed by atoms with Crippen LogP contribution in [0.3, 0.4) is 0 Å². The maximum absolute atomic E-state index is 13.3. The summed E-state index contributed by atoms with van der Waals surface area (Å²) in [5, 5.41) is 2.96. The monoisotopic (exact) mass is 531 g/mol. The maximum Gasteiger partial charge on any atom is 0.242 e. The number of hydrogen-bond donors (Lipinski definition) is 1. The Morgan fingerprint density at radius 2 is 1.73 bits per heavy atom. The molecule has 2 amide bonds. The van der Waals surface area contributed by atoms with Crippen LogP contribution in [0.15, 0.2) is 48.5 Å². The van der Waals surface area contributed by atoms with E-state index in [1.54, 1.807) is 30.0 Å².